The van der Waals surface area contributed by atoms with Gasteiger partial charge in [0.05, 0.1) is 17.8 Å². The van der Waals surface area contributed by atoms with Crippen molar-refractivity contribution in [3.05, 3.63) is 28.6 Å². The van der Waals surface area contributed by atoms with E-state index in [0.29, 0.717) is 11.6 Å². The molecule has 0 bridgehead atoms. The predicted molar refractivity (Wildman–Crippen MR) is 71.7 cm³/mol. The Morgan fingerprint density at radius 2 is 2.17 bits per heavy atom. The summed E-state index contributed by atoms with van der Waals surface area (Å²) in [6.07, 6.45) is 1.47. The van der Waals surface area contributed by atoms with E-state index in [-0.39, 0.29) is 5.91 Å². The third-order valence-corrected chi connectivity index (χ3v) is 4.28. The van der Waals surface area contributed by atoms with E-state index in [2.05, 4.69) is 17.1 Å². The second-order valence-corrected chi connectivity index (χ2v) is 5.58. The molecule has 5 heteroatoms. The lowest BCUT2D eigenvalue weighted by atomic mass is 10.0. The summed E-state index contributed by atoms with van der Waals surface area (Å²) in [6, 6.07) is 4.22. The maximum absolute atomic E-state index is 11.8. The van der Waals surface area contributed by atoms with Crippen LogP contribution < -0.4 is 10.6 Å². The first-order valence-electron chi connectivity index (χ1n) is 5.90. The quantitative estimate of drug-likeness (QED) is 0.848. The van der Waals surface area contributed by atoms with Crippen LogP contribution in [0.15, 0.2) is 17.5 Å². The second-order valence-electron chi connectivity index (χ2n) is 4.69. The van der Waals surface area contributed by atoms with Gasteiger partial charge in [0.1, 0.15) is 0 Å². The fourth-order valence-electron chi connectivity index (χ4n) is 2.85. The molecule has 0 saturated heterocycles. The van der Waals surface area contributed by atoms with Crippen molar-refractivity contribution in [2.45, 2.75) is 12.8 Å². The Bertz CT molecular complexity index is 677. The van der Waals surface area contributed by atoms with E-state index in [4.69, 9.17) is 5.73 Å². The van der Waals surface area contributed by atoms with E-state index < -0.39 is 0 Å². The van der Waals surface area contributed by atoms with Crippen molar-refractivity contribution in [2.24, 2.45) is 0 Å². The Morgan fingerprint density at radius 3 is 2.94 bits per heavy atom. The number of hydrogen-bond donors (Lipinski definition) is 1. The minimum Gasteiger partial charge on any atom is -0.375 e. The molecule has 2 N–H and O–H groups in total. The minimum atomic E-state index is 0.221. The summed E-state index contributed by atoms with van der Waals surface area (Å²) < 4.78 is 0. The molecule has 0 unspecified atom stereocenters. The lowest BCUT2D eigenvalue weighted by Gasteiger charge is -2.09. The fourth-order valence-corrected chi connectivity index (χ4v) is 3.42. The number of carbonyl (C=O) groups excluding carboxylic acids is 1. The Balaban J connectivity index is 1.90. The zero-order chi connectivity index (χ0) is 12.3. The van der Waals surface area contributed by atoms with Crippen LogP contribution >= 0.6 is 11.3 Å². The lowest BCUT2D eigenvalue weighted by Crippen LogP contribution is -2.24. The molecule has 2 aromatic rings. The number of aromatic nitrogens is 1. The molecule has 0 aliphatic carbocycles. The van der Waals surface area contributed by atoms with Crippen LogP contribution in [0.25, 0.3) is 11.3 Å². The Hall–Kier alpha value is -1.88. The number of nitrogens with two attached hydrogens (primary N) is 1. The van der Waals surface area contributed by atoms with Gasteiger partial charge in [0.2, 0.25) is 5.91 Å². The van der Waals surface area contributed by atoms with Gasteiger partial charge in [0.25, 0.3) is 0 Å². The van der Waals surface area contributed by atoms with Gasteiger partial charge in [-0.15, -0.1) is 11.3 Å². The van der Waals surface area contributed by atoms with E-state index >= 15 is 0 Å². The van der Waals surface area contributed by atoms with Crippen molar-refractivity contribution in [3.63, 3.8) is 0 Å². The SMILES string of the molecule is Nc1nc(-c2cc3c4c(c2)CC(=O)N4CC3)cs1. The number of hydrogen-bond acceptors (Lipinski definition) is 4. The van der Waals surface area contributed by atoms with Crippen LogP contribution in [-0.4, -0.2) is 17.4 Å². The molecule has 1 aromatic heterocycles. The number of thiazole rings is 1. The van der Waals surface area contributed by atoms with Gasteiger partial charge in [0, 0.05) is 17.5 Å². The van der Waals surface area contributed by atoms with Crippen molar-refractivity contribution in [1.82, 2.24) is 4.98 Å². The molecule has 18 heavy (non-hydrogen) atoms. The van der Waals surface area contributed by atoms with Crippen molar-refractivity contribution in [2.75, 3.05) is 17.2 Å². The van der Waals surface area contributed by atoms with Gasteiger partial charge in [-0.3, -0.25) is 4.79 Å². The van der Waals surface area contributed by atoms with Crippen molar-refractivity contribution in [1.29, 1.82) is 0 Å². The molecule has 1 amide bonds. The highest BCUT2D eigenvalue weighted by atomic mass is 32.1. The number of anilines is 2. The third kappa shape index (κ3) is 1.25. The minimum absolute atomic E-state index is 0.221. The van der Waals surface area contributed by atoms with Gasteiger partial charge in [-0.2, -0.15) is 0 Å². The van der Waals surface area contributed by atoms with Gasteiger partial charge in [-0.05, 0) is 29.7 Å². The summed E-state index contributed by atoms with van der Waals surface area (Å²) in [4.78, 5) is 18.1. The van der Waals surface area contributed by atoms with E-state index in [1.54, 1.807) is 0 Å². The number of nitrogens with zero attached hydrogens (tertiary/aromatic N) is 2. The van der Waals surface area contributed by atoms with Crippen molar-refractivity contribution in [3.8, 4) is 11.3 Å². The first-order chi connectivity index (χ1) is 8.72. The maximum atomic E-state index is 11.8. The van der Waals surface area contributed by atoms with Crippen molar-refractivity contribution < 1.29 is 4.79 Å². The van der Waals surface area contributed by atoms with Crippen LogP contribution in [0.1, 0.15) is 11.1 Å². The maximum Gasteiger partial charge on any atom is 0.231 e. The standard InChI is InChI=1S/C13H11N3OS/c14-13-15-10(6-18-13)8-3-7-1-2-16-11(17)5-9(4-8)12(7)16/h3-4,6H,1-2,5H2,(H2,14,15). The second kappa shape index (κ2) is 3.32. The van der Waals surface area contributed by atoms with Gasteiger partial charge >= 0.3 is 0 Å². The molecule has 90 valence electrons. The molecule has 0 saturated carbocycles. The molecule has 4 rings (SSSR count). The average Bonchev–Trinajstić information content (AvgIpc) is 3.01. The lowest BCUT2D eigenvalue weighted by molar-refractivity contribution is -0.117. The van der Waals surface area contributed by atoms with Gasteiger partial charge < -0.3 is 10.6 Å². The molecule has 0 fully saturated rings. The highest BCUT2D eigenvalue weighted by molar-refractivity contribution is 7.13. The fraction of sp³-hybridized carbons (Fsp3) is 0.231. The molecule has 0 spiro atoms. The summed E-state index contributed by atoms with van der Waals surface area (Å²) in [7, 11) is 0. The Labute approximate surface area is 108 Å². The summed E-state index contributed by atoms with van der Waals surface area (Å²) >= 11 is 1.45. The first kappa shape index (κ1) is 10.1. The molecular formula is C13H11N3OS. The number of carbonyl (C=O) groups is 1. The molecule has 3 heterocycles. The molecule has 2 aliphatic heterocycles. The highest BCUT2D eigenvalue weighted by Crippen LogP contribution is 2.40. The summed E-state index contributed by atoms with van der Waals surface area (Å²) in [5.74, 6) is 0.221. The molecule has 0 atom stereocenters. The van der Waals surface area contributed by atoms with E-state index in [1.165, 1.54) is 16.9 Å². The zero-order valence-electron chi connectivity index (χ0n) is 9.64. The number of amides is 1. The Kier molecular flexibility index (Phi) is 1.86. The van der Waals surface area contributed by atoms with E-state index in [9.17, 15) is 4.79 Å². The van der Waals surface area contributed by atoms with Gasteiger partial charge in [-0.1, -0.05) is 0 Å². The van der Waals surface area contributed by atoms with Crippen LogP contribution in [0.4, 0.5) is 10.8 Å². The van der Waals surface area contributed by atoms with Gasteiger partial charge in [-0.25, -0.2) is 4.98 Å². The van der Waals surface area contributed by atoms with Crippen molar-refractivity contribution >= 4 is 28.1 Å². The molecular weight excluding hydrogens is 246 g/mol. The summed E-state index contributed by atoms with van der Waals surface area (Å²) in [5, 5.41) is 2.55. The first-order valence-corrected chi connectivity index (χ1v) is 6.78. The Morgan fingerprint density at radius 1 is 1.33 bits per heavy atom. The monoisotopic (exact) mass is 257 g/mol. The molecule has 4 nitrogen and oxygen atoms in total. The largest absolute Gasteiger partial charge is 0.375 e. The predicted octanol–water partition coefficient (Wildman–Crippen LogP) is 1.84. The van der Waals surface area contributed by atoms with Crippen LogP contribution in [-0.2, 0) is 17.6 Å². The molecule has 0 radical (unpaired) electrons. The highest BCUT2D eigenvalue weighted by Gasteiger charge is 2.34. The summed E-state index contributed by atoms with van der Waals surface area (Å²) in [6.45, 7) is 0.823. The smallest absolute Gasteiger partial charge is 0.231 e. The zero-order valence-corrected chi connectivity index (χ0v) is 10.5. The number of nitrogen functional groups attached to an aromatic ring is 1. The van der Waals surface area contributed by atoms with E-state index in [0.717, 1.165) is 35.5 Å². The van der Waals surface area contributed by atoms with E-state index in [1.807, 2.05) is 10.3 Å². The summed E-state index contributed by atoms with van der Waals surface area (Å²) in [5.41, 5.74) is 11.2. The van der Waals surface area contributed by atoms with Crippen LogP contribution in [0.2, 0.25) is 0 Å². The van der Waals surface area contributed by atoms with Gasteiger partial charge in [0.15, 0.2) is 5.13 Å². The topological polar surface area (TPSA) is 59.2 Å². The van der Waals surface area contributed by atoms with Crippen LogP contribution in [0, 0.1) is 0 Å². The average molecular weight is 257 g/mol. The normalized spacial score (nSPS) is 16.4. The number of rotatable bonds is 1. The van der Waals surface area contributed by atoms with Crippen LogP contribution in [0.3, 0.4) is 0 Å². The van der Waals surface area contributed by atoms with Crippen LogP contribution in [0.5, 0.6) is 0 Å². The number of benzene rings is 1. The third-order valence-electron chi connectivity index (χ3n) is 3.60. The molecule has 1 aromatic carbocycles. The molecule has 2 aliphatic rings.